The predicted molar refractivity (Wildman–Crippen MR) is 202 cm³/mol. The minimum Gasteiger partial charge on any atom is -0.457 e. The maximum atomic E-state index is 9.40. The standard InChI is InChI=1S/C28H42O.C14H23OP/c1-25(2,3)19-13-15-23(21(17-19)27(7,8)9)29-24-16-14-20(26(4,5)6)18-22(24)28(10,11)12;1-13(2,3)10-7-8-12(16-15)11(9-10)14(4,5)6/h13-18H,1-12H3;7-9,15-16H,1-6H3. The van der Waals surface area contributed by atoms with Crippen molar-refractivity contribution < 1.29 is 9.63 Å². The van der Waals surface area contributed by atoms with Crippen LogP contribution in [0.1, 0.15) is 158 Å². The van der Waals surface area contributed by atoms with Gasteiger partial charge in [0.05, 0.1) is 0 Å². The smallest absolute Gasteiger partial charge is 0.131 e. The average Bonchev–Trinajstić information content (AvgIpc) is 2.85. The average molecular weight is 633 g/mol. The highest BCUT2D eigenvalue weighted by Crippen LogP contribution is 2.42. The van der Waals surface area contributed by atoms with E-state index in [-0.39, 0.29) is 41.3 Å². The maximum absolute atomic E-state index is 9.40. The fourth-order valence-corrected chi connectivity index (χ4v) is 5.92. The summed E-state index contributed by atoms with van der Waals surface area (Å²) in [6, 6.07) is 19.9. The van der Waals surface area contributed by atoms with Crippen LogP contribution in [0.25, 0.3) is 0 Å². The lowest BCUT2D eigenvalue weighted by Gasteiger charge is -2.30. The first-order chi connectivity index (χ1) is 20.1. The molecular formula is C42H65O2P. The second kappa shape index (κ2) is 13.5. The Morgan fingerprint density at radius 3 is 0.956 bits per heavy atom. The third-order valence-corrected chi connectivity index (χ3v) is 9.02. The molecule has 1 unspecified atom stereocenters. The first-order valence-corrected chi connectivity index (χ1v) is 17.5. The lowest BCUT2D eigenvalue weighted by molar-refractivity contribution is 0.433. The van der Waals surface area contributed by atoms with Crippen molar-refractivity contribution in [2.75, 3.05) is 0 Å². The summed E-state index contributed by atoms with van der Waals surface area (Å²) >= 11 is 0. The van der Waals surface area contributed by atoms with Crippen molar-refractivity contribution in [3.8, 4) is 11.5 Å². The quantitative estimate of drug-likeness (QED) is 0.291. The predicted octanol–water partition coefficient (Wildman–Crippen LogP) is 12.2. The van der Waals surface area contributed by atoms with Crippen molar-refractivity contribution in [1.82, 2.24) is 0 Å². The van der Waals surface area contributed by atoms with E-state index in [9.17, 15) is 4.89 Å². The third-order valence-electron chi connectivity index (χ3n) is 8.34. The van der Waals surface area contributed by atoms with Crippen LogP contribution < -0.4 is 10.0 Å². The molecule has 1 atom stereocenters. The van der Waals surface area contributed by atoms with Gasteiger partial charge in [-0.1, -0.05) is 167 Å². The summed E-state index contributed by atoms with van der Waals surface area (Å²) in [5, 5.41) is 1.07. The van der Waals surface area contributed by atoms with E-state index >= 15 is 0 Å². The molecule has 3 rings (SSSR count). The Hall–Kier alpha value is -2.15. The summed E-state index contributed by atoms with van der Waals surface area (Å²) in [7, 11) is -0.118. The molecule has 0 amide bonds. The summed E-state index contributed by atoms with van der Waals surface area (Å²) in [5.74, 6) is 1.92. The monoisotopic (exact) mass is 632 g/mol. The van der Waals surface area contributed by atoms with Crippen LogP contribution in [0.15, 0.2) is 54.6 Å². The third kappa shape index (κ3) is 10.7. The molecule has 3 heteroatoms. The summed E-state index contributed by atoms with van der Waals surface area (Å²) in [5.41, 5.74) is 8.28. The number of hydrogen-bond donors (Lipinski definition) is 1. The molecule has 0 saturated heterocycles. The van der Waals surface area contributed by atoms with E-state index in [4.69, 9.17) is 4.74 Å². The minimum absolute atomic E-state index is 0.00381. The van der Waals surface area contributed by atoms with E-state index in [1.54, 1.807) is 0 Å². The molecule has 0 spiro atoms. The molecule has 0 saturated carbocycles. The van der Waals surface area contributed by atoms with Crippen LogP contribution in [-0.4, -0.2) is 4.89 Å². The Morgan fingerprint density at radius 1 is 0.400 bits per heavy atom. The lowest BCUT2D eigenvalue weighted by atomic mass is 9.79. The number of hydrogen-bond acceptors (Lipinski definition) is 2. The van der Waals surface area contributed by atoms with E-state index < -0.39 is 0 Å². The molecule has 3 aromatic rings. The van der Waals surface area contributed by atoms with Gasteiger partial charge in [-0.05, 0) is 66.9 Å². The molecule has 45 heavy (non-hydrogen) atoms. The Morgan fingerprint density at radius 2 is 0.689 bits per heavy atom. The number of ether oxygens (including phenoxy) is 1. The normalized spacial score (nSPS) is 13.6. The fraction of sp³-hybridized carbons (Fsp3) is 0.571. The fourth-order valence-electron chi connectivity index (χ4n) is 5.19. The molecule has 3 aromatic carbocycles. The Bertz CT molecular complexity index is 1360. The van der Waals surface area contributed by atoms with Crippen LogP contribution in [-0.2, 0) is 32.5 Å². The first-order valence-electron chi connectivity index (χ1n) is 16.6. The summed E-state index contributed by atoms with van der Waals surface area (Å²) in [6.45, 7) is 40.4. The molecule has 250 valence electrons. The van der Waals surface area contributed by atoms with E-state index in [0.29, 0.717) is 0 Å². The Kier molecular flexibility index (Phi) is 11.7. The topological polar surface area (TPSA) is 29.5 Å². The molecule has 2 nitrogen and oxygen atoms in total. The van der Waals surface area contributed by atoms with Crippen molar-refractivity contribution in [2.45, 2.75) is 157 Å². The van der Waals surface area contributed by atoms with E-state index in [1.807, 2.05) is 0 Å². The largest absolute Gasteiger partial charge is 0.457 e. The first kappa shape index (κ1) is 39.0. The van der Waals surface area contributed by atoms with Crippen LogP contribution in [0.3, 0.4) is 0 Å². The van der Waals surface area contributed by atoms with Gasteiger partial charge in [-0.25, -0.2) is 0 Å². The molecule has 0 aliphatic heterocycles. The molecule has 0 aliphatic rings. The van der Waals surface area contributed by atoms with E-state index in [1.165, 1.54) is 33.4 Å². The van der Waals surface area contributed by atoms with Crippen molar-refractivity contribution in [3.63, 3.8) is 0 Å². The molecule has 0 aliphatic carbocycles. The molecule has 0 fully saturated rings. The van der Waals surface area contributed by atoms with Gasteiger partial charge in [0.1, 0.15) is 11.5 Å². The highest BCUT2D eigenvalue weighted by Gasteiger charge is 2.27. The SMILES string of the molecule is CC(C)(C)c1ccc(Oc2ccc(C(C)(C)C)cc2C(C)(C)C)c(C(C)(C)C)c1.CC(C)(C)c1ccc(PO)c(C(C)(C)C)c1. The van der Waals surface area contributed by atoms with Crippen LogP contribution in [0.4, 0.5) is 0 Å². The highest BCUT2D eigenvalue weighted by molar-refractivity contribution is 7.41. The maximum Gasteiger partial charge on any atom is 0.131 e. The second-order valence-corrected chi connectivity index (χ2v) is 19.7. The Balaban J connectivity index is 0.000000372. The summed E-state index contributed by atoms with van der Waals surface area (Å²) in [6.07, 6.45) is 0. The summed E-state index contributed by atoms with van der Waals surface area (Å²) in [4.78, 5) is 9.40. The molecular weight excluding hydrogens is 567 g/mol. The summed E-state index contributed by atoms with van der Waals surface area (Å²) < 4.78 is 6.63. The van der Waals surface area contributed by atoms with Gasteiger partial charge < -0.3 is 9.63 Å². The number of rotatable bonds is 3. The zero-order valence-electron chi connectivity index (χ0n) is 32.1. The van der Waals surface area contributed by atoms with Gasteiger partial charge in [0.25, 0.3) is 0 Å². The van der Waals surface area contributed by atoms with Crippen LogP contribution in [0.5, 0.6) is 11.5 Å². The lowest BCUT2D eigenvalue weighted by Crippen LogP contribution is -2.22. The van der Waals surface area contributed by atoms with Gasteiger partial charge in [0.15, 0.2) is 0 Å². The van der Waals surface area contributed by atoms with Gasteiger partial charge >= 0.3 is 0 Å². The van der Waals surface area contributed by atoms with Crippen LogP contribution in [0.2, 0.25) is 0 Å². The van der Waals surface area contributed by atoms with Gasteiger partial charge in [0, 0.05) is 25.2 Å². The molecule has 0 heterocycles. The molecule has 0 aromatic heterocycles. The van der Waals surface area contributed by atoms with E-state index in [2.05, 4.69) is 179 Å². The van der Waals surface area contributed by atoms with Crippen molar-refractivity contribution in [2.24, 2.45) is 0 Å². The minimum atomic E-state index is -0.118. The van der Waals surface area contributed by atoms with Crippen molar-refractivity contribution in [3.05, 3.63) is 88.0 Å². The zero-order valence-corrected chi connectivity index (χ0v) is 33.1. The number of benzene rings is 3. The van der Waals surface area contributed by atoms with Crippen molar-refractivity contribution >= 4 is 14.1 Å². The van der Waals surface area contributed by atoms with Gasteiger partial charge in [-0.3, -0.25) is 0 Å². The van der Waals surface area contributed by atoms with Gasteiger partial charge in [0.2, 0.25) is 0 Å². The van der Waals surface area contributed by atoms with Crippen molar-refractivity contribution in [1.29, 1.82) is 0 Å². The van der Waals surface area contributed by atoms with Crippen LogP contribution in [0, 0.1) is 0 Å². The Labute approximate surface area is 279 Å². The van der Waals surface area contributed by atoms with E-state index in [0.717, 1.165) is 16.8 Å². The highest BCUT2D eigenvalue weighted by atomic mass is 31.1. The van der Waals surface area contributed by atoms with Crippen LogP contribution >= 0.6 is 8.81 Å². The van der Waals surface area contributed by atoms with Gasteiger partial charge in [-0.15, -0.1) is 0 Å². The zero-order chi connectivity index (χ0) is 35.0. The second-order valence-electron chi connectivity index (χ2n) is 18.9. The molecule has 0 radical (unpaired) electrons. The van der Waals surface area contributed by atoms with Gasteiger partial charge in [-0.2, -0.15) is 0 Å². The molecule has 0 bridgehead atoms. The molecule has 1 N–H and O–H groups in total.